The summed E-state index contributed by atoms with van der Waals surface area (Å²) in [7, 11) is 0. The second-order valence-electron chi connectivity index (χ2n) is 11.5. The first-order valence-electron chi connectivity index (χ1n) is 14.0. The summed E-state index contributed by atoms with van der Waals surface area (Å²) in [5.41, 5.74) is -1.51. The van der Waals surface area contributed by atoms with Crippen molar-refractivity contribution in [3.63, 3.8) is 0 Å². The minimum absolute atomic E-state index is 0.0145. The molecule has 1 saturated carbocycles. The Labute approximate surface area is 251 Å². The van der Waals surface area contributed by atoms with Gasteiger partial charge in [0.1, 0.15) is 28.2 Å². The maximum Gasteiger partial charge on any atom is 0.417 e. The standard InChI is InChI=1S/C28H30F8N6O3/c1-11-9-39-22-16-21(41-25(42-22)44-10-26(5-6-26)24(43)28(34,35)36)19(30)20(40-23(16)45-12(2)4-7-38-11)14-8-15(37)18(29)13(3)17(14)27(31,32)33/h8,11-12,24,38,43H,4-7,9-10,37H2,1-3H3,(H,39,41,42). The normalized spacial score (nSPS) is 21.0. The lowest BCUT2D eigenvalue weighted by Crippen LogP contribution is -2.40. The van der Waals surface area contributed by atoms with E-state index in [0.717, 1.165) is 6.92 Å². The first kappa shape index (κ1) is 32.7. The summed E-state index contributed by atoms with van der Waals surface area (Å²) in [4.78, 5) is 12.4. The second-order valence-corrected chi connectivity index (χ2v) is 11.5. The third-order valence-corrected chi connectivity index (χ3v) is 8.00. The van der Waals surface area contributed by atoms with Crippen LogP contribution in [0, 0.1) is 24.0 Å². The van der Waals surface area contributed by atoms with Crippen LogP contribution in [0.2, 0.25) is 0 Å². The number of benzene rings is 1. The number of aliphatic hydroxyl groups is 1. The van der Waals surface area contributed by atoms with Gasteiger partial charge in [0.15, 0.2) is 11.9 Å². The van der Waals surface area contributed by atoms with E-state index in [-0.39, 0.29) is 42.5 Å². The van der Waals surface area contributed by atoms with Gasteiger partial charge in [-0.15, -0.1) is 0 Å². The largest absolute Gasteiger partial charge is 0.474 e. The van der Waals surface area contributed by atoms with Crippen molar-refractivity contribution in [2.75, 3.05) is 30.7 Å². The summed E-state index contributed by atoms with van der Waals surface area (Å²) in [6, 6.07) is -0.161. The highest BCUT2D eigenvalue weighted by atomic mass is 19.4. The lowest BCUT2D eigenvalue weighted by Gasteiger charge is -2.24. The molecule has 0 spiro atoms. The van der Waals surface area contributed by atoms with Gasteiger partial charge in [-0.1, -0.05) is 0 Å². The van der Waals surface area contributed by atoms with Crippen LogP contribution in [0.25, 0.3) is 22.2 Å². The number of anilines is 2. The number of halogens is 8. The SMILES string of the molecule is Cc1c(F)c(N)cc(-c2nc3c4c(nc(OCC5(C(O)C(F)(F)F)CC5)nc4c2F)NCC(C)NCCC(C)O3)c1C(F)(F)F. The Balaban J connectivity index is 1.73. The van der Waals surface area contributed by atoms with E-state index in [1.54, 1.807) is 6.92 Å². The molecule has 1 aromatic carbocycles. The van der Waals surface area contributed by atoms with Crippen molar-refractivity contribution in [3.8, 4) is 23.1 Å². The molecule has 2 aromatic heterocycles. The first-order chi connectivity index (χ1) is 20.9. The maximum absolute atomic E-state index is 16.4. The number of hydrogen-bond acceptors (Lipinski definition) is 9. The number of nitrogens with two attached hydrogens (primary N) is 1. The number of alkyl halides is 6. The van der Waals surface area contributed by atoms with E-state index in [4.69, 9.17) is 15.2 Å². The topological polar surface area (TPSA) is 127 Å². The van der Waals surface area contributed by atoms with E-state index >= 15 is 4.39 Å². The second kappa shape index (κ2) is 11.6. The van der Waals surface area contributed by atoms with Gasteiger partial charge in [0.05, 0.1) is 24.0 Å². The number of pyridine rings is 1. The number of rotatable bonds is 5. The monoisotopic (exact) mass is 650 g/mol. The molecule has 3 unspecified atom stereocenters. The highest BCUT2D eigenvalue weighted by molar-refractivity contribution is 5.96. The molecule has 5 N–H and O–H groups in total. The van der Waals surface area contributed by atoms with Crippen LogP contribution in [0.4, 0.5) is 46.6 Å². The van der Waals surface area contributed by atoms with Crippen LogP contribution < -0.4 is 25.8 Å². The van der Waals surface area contributed by atoms with E-state index in [0.29, 0.717) is 19.0 Å². The lowest BCUT2D eigenvalue weighted by molar-refractivity contribution is -0.227. The number of ether oxygens (including phenoxy) is 2. The van der Waals surface area contributed by atoms with Crippen LogP contribution in [-0.4, -0.2) is 64.2 Å². The number of hydrogen-bond donors (Lipinski definition) is 4. The van der Waals surface area contributed by atoms with Crippen LogP contribution in [-0.2, 0) is 6.18 Å². The van der Waals surface area contributed by atoms with Crippen molar-refractivity contribution in [2.45, 2.75) is 70.6 Å². The van der Waals surface area contributed by atoms with Gasteiger partial charge < -0.3 is 30.9 Å². The predicted molar refractivity (Wildman–Crippen MR) is 147 cm³/mol. The number of nitrogens with zero attached hydrogens (tertiary/aromatic N) is 3. The van der Waals surface area contributed by atoms with E-state index < -0.39 is 87.8 Å². The molecule has 3 heterocycles. The van der Waals surface area contributed by atoms with Crippen molar-refractivity contribution in [3.05, 3.63) is 28.8 Å². The third kappa shape index (κ3) is 6.36. The Morgan fingerprint density at radius 3 is 2.42 bits per heavy atom. The summed E-state index contributed by atoms with van der Waals surface area (Å²) in [6.07, 6.45) is -13.0. The Morgan fingerprint density at radius 1 is 1.11 bits per heavy atom. The Bertz CT molecular complexity index is 1610. The fourth-order valence-corrected chi connectivity index (χ4v) is 5.27. The quantitative estimate of drug-likeness (QED) is 0.209. The molecule has 17 heteroatoms. The highest BCUT2D eigenvalue weighted by Crippen LogP contribution is 2.53. The molecule has 3 aromatic rings. The molecule has 1 fully saturated rings. The Hall–Kier alpha value is -3.73. The van der Waals surface area contributed by atoms with Gasteiger partial charge >= 0.3 is 18.4 Å². The molecule has 0 bridgehead atoms. The zero-order valence-corrected chi connectivity index (χ0v) is 24.3. The van der Waals surface area contributed by atoms with Crippen LogP contribution in [0.15, 0.2) is 6.07 Å². The molecule has 45 heavy (non-hydrogen) atoms. The number of aliphatic hydroxyl groups excluding tert-OH is 1. The van der Waals surface area contributed by atoms with Crippen LogP contribution >= 0.6 is 0 Å². The van der Waals surface area contributed by atoms with Gasteiger partial charge in [0.2, 0.25) is 5.88 Å². The van der Waals surface area contributed by atoms with Gasteiger partial charge in [-0.25, -0.2) is 13.8 Å². The molecule has 0 saturated heterocycles. The zero-order chi connectivity index (χ0) is 33.1. The molecule has 1 aliphatic carbocycles. The smallest absolute Gasteiger partial charge is 0.417 e. The van der Waals surface area contributed by atoms with Gasteiger partial charge in [-0.05, 0) is 58.2 Å². The van der Waals surface area contributed by atoms with Crippen molar-refractivity contribution >= 4 is 22.4 Å². The van der Waals surface area contributed by atoms with Crippen molar-refractivity contribution in [1.82, 2.24) is 20.3 Å². The molecule has 3 atom stereocenters. The van der Waals surface area contributed by atoms with Crippen LogP contribution in [0.3, 0.4) is 0 Å². The molecule has 9 nitrogen and oxygen atoms in total. The average Bonchev–Trinajstić information content (AvgIpc) is 3.73. The first-order valence-corrected chi connectivity index (χ1v) is 14.0. The fourth-order valence-electron chi connectivity index (χ4n) is 5.27. The molecule has 246 valence electrons. The van der Waals surface area contributed by atoms with Crippen LogP contribution in [0.1, 0.15) is 44.2 Å². The predicted octanol–water partition coefficient (Wildman–Crippen LogP) is 5.52. The van der Waals surface area contributed by atoms with Crippen molar-refractivity contribution in [1.29, 1.82) is 0 Å². The van der Waals surface area contributed by atoms with Gasteiger partial charge in [0, 0.05) is 23.6 Å². The van der Waals surface area contributed by atoms with E-state index in [9.17, 15) is 35.8 Å². The van der Waals surface area contributed by atoms with Gasteiger partial charge in [-0.2, -0.15) is 36.3 Å². The highest BCUT2D eigenvalue weighted by Gasteiger charge is 2.60. The summed E-state index contributed by atoms with van der Waals surface area (Å²) < 4.78 is 125. The maximum atomic E-state index is 16.4. The van der Waals surface area contributed by atoms with E-state index in [2.05, 4.69) is 25.6 Å². The Kier molecular flexibility index (Phi) is 8.39. The number of nitrogen functional groups attached to an aromatic ring is 1. The number of aromatic nitrogens is 3. The minimum Gasteiger partial charge on any atom is -0.474 e. The Morgan fingerprint density at radius 2 is 1.80 bits per heavy atom. The molecular formula is C28H30F8N6O3. The minimum atomic E-state index is -5.16. The average molecular weight is 651 g/mol. The van der Waals surface area contributed by atoms with Gasteiger partial charge in [-0.3, -0.25) is 0 Å². The lowest BCUT2D eigenvalue weighted by atomic mass is 9.96. The fraction of sp³-hybridized carbons (Fsp3) is 0.536. The van der Waals surface area contributed by atoms with E-state index in [1.165, 1.54) is 0 Å². The summed E-state index contributed by atoms with van der Waals surface area (Å²) in [6.45, 7) is 4.33. The summed E-state index contributed by atoms with van der Waals surface area (Å²) in [5, 5.41) is 15.9. The summed E-state index contributed by atoms with van der Waals surface area (Å²) in [5.74, 6) is -3.19. The molecule has 1 aliphatic heterocycles. The molecule has 2 aliphatic rings. The molecule has 0 radical (unpaired) electrons. The van der Waals surface area contributed by atoms with E-state index in [1.807, 2.05) is 6.92 Å². The summed E-state index contributed by atoms with van der Waals surface area (Å²) >= 11 is 0. The number of nitrogens with one attached hydrogen (secondary N) is 2. The zero-order valence-electron chi connectivity index (χ0n) is 24.3. The van der Waals surface area contributed by atoms with Crippen LogP contribution in [0.5, 0.6) is 11.9 Å². The van der Waals surface area contributed by atoms with Crippen molar-refractivity contribution < 1.29 is 49.7 Å². The van der Waals surface area contributed by atoms with Gasteiger partial charge in [0.25, 0.3) is 0 Å². The molecular weight excluding hydrogens is 620 g/mol. The third-order valence-electron chi connectivity index (χ3n) is 8.00. The molecule has 0 amide bonds. The van der Waals surface area contributed by atoms with Crippen molar-refractivity contribution in [2.24, 2.45) is 5.41 Å². The molecule has 5 rings (SSSR count).